The summed E-state index contributed by atoms with van der Waals surface area (Å²) in [6.07, 6.45) is 8.04. The Morgan fingerprint density at radius 1 is 1.15 bits per heavy atom. The molecule has 0 spiro atoms. The van der Waals surface area contributed by atoms with Crippen LogP contribution in [0.4, 0.5) is 5.82 Å². The minimum absolute atomic E-state index is 0.632. The van der Waals surface area contributed by atoms with Gasteiger partial charge in [-0.25, -0.2) is 9.97 Å². The molecule has 1 N–H and O–H groups in total. The van der Waals surface area contributed by atoms with Crippen LogP contribution in [-0.4, -0.2) is 23.1 Å². The van der Waals surface area contributed by atoms with Gasteiger partial charge in [0.2, 0.25) is 5.88 Å². The minimum atomic E-state index is 0.632. The van der Waals surface area contributed by atoms with Crippen molar-refractivity contribution in [3.05, 3.63) is 11.9 Å². The number of nitrogens with zero attached hydrogens (tertiary/aromatic N) is 2. The first-order valence-corrected chi connectivity index (χ1v) is 7.83. The summed E-state index contributed by atoms with van der Waals surface area (Å²) in [4.78, 5) is 8.42. The lowest BCUT2D eigenvalue weighted by atomic mass is 10.0. The molecule has 0 fully saturated rings. The average molecular weight is 279 g/mol. The van der Waals surface area contributed by atoms with Gasteiger partial charge in [0.05, 0.1) is 12.2 Å². The lowest BCUT2D eigenvalue weighted by Crippen LogP contribution is -2.07. The molecule has 0 bridgehead atoms. The van der Waals surface area contributed by atoms with Crippen molar-refractivity contribution in [1.29, 1.82) is 0 Å². The molecule has 1 rings (SSSR count). The van der Waals surface area contributed by atoms with Crippen molar-refractivity contribution in [1.82, 2.24) is 9.97 Å². The SMILES string of the molecule is CCOc1ncnc(NCCCCCCC(C)C)c1C. The maximum atomic E-state index is 5.47. The van der Waals surface area contributed by atoms with Gasteiger partial charge >= 0.3 is 0 Å². The van der Waals surface area contributed by atoms with Gasteiger partial charge in [-0.05, 0) is 26.2 Å². The van der Waals surface area contributed by atoms with Crippen LogP contribution in [0.2, 0.25) is 0 Å². The predicted octanol–water partition coefficient (Wildman–Crippen LogP) is 4.20. The molecule has 1 aromatic rings. The second kappa shape index (κ2) is 9.56. The van der Waals surface area contributed by atoms with Crippen molar-refractivity contribution >= 4 is 5.82 Å². The molecule has 0 atom stereocenters. The Bertz CT molecular complexity index is 380. The third-order valence-electron chi connectivity index (χ3n) is 3.32. The molecule has 0 amide bonds. The number of hydrogen-bond acceptors (Lipinski definition) is 4. The van der Waals surface area contributed by atoms with Crippen molar-refractivity contribution in [2.24, 2.45) is 5.92 Å². The Hall–Kier alpha value is -1.32. The number of hydrogen-bond donors (Lipinski definition) is 1. The van der Waals surface area contributed by atoms with E-state index in [2.05, 4.69) is 29.1 Å². The molecule has 1 heterocycles. The topological polar surface area (TPSA) is 47.0 Å². The highest BCUT2D eigenvalue weighted by atomic mass is 16.5. The molecule has 0 aromatic carbocycles. The summed E-state index contributed by atoms with van der Waals surface area (Å²) in [5.74, 6) is 2.40. The van der Waals surface area contributed by atoms with Gasteiger partial charge in [0.15, 0.2) is 0 Å². The Morgan fingerprint density at radius 3 is 2.60 bits per heavy atom. The smallest absolute Gasteiger partial charge is 0.221 e. The van der Waals surface area contributed by atoms with Crippen molar-refractivity contribution < 1.29 is 4.74 Å². The Kier molecular flexibility index (Phi) is 8.00. The predicted molar refractivity (Wildman–Crippen MR) is 84.4 cm³/mol. The van der Waals surface area contributed by atoms with E-state index < -0.39 is 0 Å². The highest BCUT2D eigenvalue weighted by Gasteiger charge is 2.06. The van der Waals surface area contributed by atoms with Gasteiger partial charge < -0.3 is 10.1 Å². The number of rotatable bonds is 10. The third kappa shape index (κ3) is 6.22. The van der Waals surface area contributed by atoms with E-state index in [0.29, 0.717) is 12.5 Å². The monoisotopic (exact) mass is 279 g/mol. The fraction of sp³-hybridized carbons (Fsp3) is 0.750. The lowest BCUT2D eigenvalue weighted by molar-refractivity contribution is 0.324. The van der Waals surface area contributed by atoms with Crippen LogP contribution in [0.5, 0.6) is 5.88 Å². The Morgan fingerprint density at radius 2 is 1.90 bits per heavy atom. The molecule has 0 saturated carbocycles. The molecule has 0 aliphatic heterocycles. The van der Waals surface area contributed by atoms with Crippen LogP contribution in [0.15, 0.2) is 6.33 Å². The maximum absolute atomic E-state index is 5.47. The zero-order valence-corrected chi connectivity index (χ0v) is 13.4. The number of aromatic nitrogens is 2. The number of unbranched alkanes of at least 4 members (excludes halogenated alkanes) is 3. The zero-order chi connectivity index (χ0) is 14.8. The van der Waals surface area contributed by atoms with Crippen LogP contribution in [-0.2, 0) is 0 Å². The van der Waals surface area contributed by atoms with E-state index in [4.69, 9.17) is 4.74 Å². The second-order valence-electron chi connectivity index (χ2n) is 5.61. The van der Waals surface area contributed by atoms with Crippen molar-refractivity contribution in [3.8, 4) is 5.88 Å². The van der Waals surface area contributed by atoms with Gasteiger partial charge in [-0.3, -0.25) is 0 Å². The molecule has 0 aliphatic carbocycles. The minimum Gasteiger partial charge on any atom is -0.478 e. The van der Waals surface area contributed by atoms with Crippen LogP contribution in [0, 0.1) is 12.8 Å². The molecule has 4 heteroatoms. The van der Waals surface area contributed by atoms with Crippen molar-refractivity contribution in [2.75, 3.05) is 18.5 Å². The Balaban J connectivity index is 2.23. The maximum Gasteiger partial charge on any atom is 0.221 e. The first-order chi connectivity index (χ1) is 9.65. The summed E-state index contributed by atoms with van der Waals surface area (Å²) in [5, 5.41) is 3.38. The molecule has 0 radical (unpaired) electrons. The highest BCUT2D eigenvalue weighted by molar-refractivity contribution is 5.47. The van der Waals surface area contributed by atoms with E-state index in [0.717, 1.165) is 23.8 Å². The third-order valence-corrected chi connectivity index (χ3v) is 3.32. The van der Waals surface area contributed by atoms with Gasteiger partial charge in [-0.1, -0.05) is 39.5 Å². The molecule has 20 heavy (non-hydrogen) atoms. The van der Waals surface area contributed by atoms with E-state index in [1.54, 1.807) is 6.33 Å². The van der Waals surface area contributed by atoms with E-state index in [1.165, 1.54) is 32.1 Å². The standard InChI is InChI=1S/C16H29N3O/c1-5-20-16-14(4)15(18-12-19-16)17-11-9-7-6-8-10-13(2)3/h12-13H,5-11H2,1-4H3,(H,17,18,19). The number of nitrogens with one attached hydrogen (secondary N) is 1. The quantitative estimate of drug-likeness (QED) is 0.652. The van der Waals surface area contributed by atoms with Gasteiger partial charge in [0, 0.05) is 6.54 Å². The summed E-state index contributed by atoms with van der Waals surface area (Å²) in [5.41, 5.74) is 0.995. The zero-order valence-electron chi connectivity index (χ0n) is 13.4. The summed E-state index contributed by atoms with van der Waals surface area (Å²) >= 11 is 0. The van der Waals surface area contributed by atoms with Crippen molar-refractivity contribution in [3.63, 3.8) is 0 Å². The second-order valence-corrected chi connectivity index (χ2v) is 5.61. The molecule has 1 aromatic heterocycles. The highest BCUT2D eigenvalue weighted by Crippen LogP contribution is 2.20. The van der Waals surface area contributed by atoms with Gasteiger partial charge in [-0.2, -0.15) is 0 Å². The van der Waals surface area contributed by atoms with Crippen molar-refractivity contribution in [2.45, 2.75) is 59.8 Å². The molecule has 0 unspecified atom stereocenters. The summed E-state index contributed by atoms with van der Waals surface area (Å²) in [6.45, 7) is 10.1. The van der Waals surface area contributed by atoms with Gasteiger partial charge in [-0.15, -0.1) is 0 Å². The van der Waals surface area contributed by atoms with Crippen LogP contribution in [0.3, 0.4) is 0 Å². The summed E-state index contributed by atoms with van der Waals surface area (Å²) < 4.78 is 5.47. The fourth-order valence-electron chi connectivity index (χ4n) is 2.13. The van der Waals surface area contributed by atoms with Crippen LogP contribution >= 0.6 is 0 Å². The molecule has 0 saturated heterocycles. The van der Waals surface area contributed by atoms with Crippen LogP contribution in [0.1, 0.15) is 58.4 Å². The summed E-state index contributed by atoms with van der Waals surface area (Å²) in [6, 6.07) is 0. The van der Waals surface area contributed by atoms with E-state index in [1.807, 2.05) is 13.8 Å². The molecular weight excluding hydrogens is 250 g/mol. The van der Waals surface area contributed by atoms with Crippen LogP contribution in [0.25, 0.3) is 0 Å². The van der Waals surface area contributed by atoms with Gasteiger partial charge in [0.1, 0.15) is 12.1 Å². The molecule has 4 nitrogen and oxygen atoms in total. The Labute approximate surface area is 123 Å². The van der Waals surface area contributed by atoms with E-state index in [9.17, 15) is 0 Å². The molecule has 0 aliphatic rings. The van der Waals surface area contributed by atoms with Gasteiger partial charge in [0.25, 0.3) is 0 Å². The fourth-order valence-corrected chi connectivity index (χ4v) is 2.13. The van der Waals surface area contributed by atoms with E-state index in [-0.39, 0.29) is 0 Å². The number of ether oxygens (including phenoxy) is 1. The molecule has 114 valence electrons. The first kappa shape index (κ1) is 16.7. The first-order valence-electron chi connectivity index (χ1n) is 7.83. The number of anilines is 1. The molecular formula is C16H29N3O. The summed E-state index contributed by atoms with van der Waals surface area (Å²) in [7, 11) is 0. The largest absolute Gasteiger partial charge is 0.478 e. The normalized spacial score (nSPS) is 10.8. The van der Waals surface area contributed by atoms with Crippen LogP contribution < -0.4 is 10.1 Å². The average Bonchev–Trinajstić information content (AvgIpc) is 2.41. The lowest BCUT2D eigenvalue weighted by Gasteiger charge is -2.11. The van der Waals surface area contributed by atoms with E-state index >= 15 is 0 Å².